The summed E-state index contributed by atoms with van der Waals surface area (Å²) in [7, 11) is 0. The van der Waals surface area contributed by atoms with E-state index in [2.05, 4.69) is 11.9 Å². The number of nitrogen functional groups attached to an aromatic ring is 1. The second-order valence-electron chi connectivity index (χ2n) is 3.69. The van der Waals surface area contributed by atoms with Gasteiger partial charge in [-0.2, -0.15) is 0 Å². The minimum Gasteiger partial charge on any atom is -0.491 e. The van der Waals surface area contributed by atoms with Gasteiger partial charge in [-0.05, 0) is 12.5 Å². The second kappa shape index (κ2) is 6.82. The number of pyridine rings is 1. The lowest BCUT2D eigenvalue weighted by molar-refractivity contribution is 0.303. The van der Waals surface area contributed by atoms with Gasteiger partial charge in [-0.15, -0.1) is 0 Å². The van der Waals surface area contributed by atoms with Crippen LogP contribution in [0.4, 0.5) is 0 Å². The van der Waals surface area contributed by atoms with Gasteiger partial charge in [0.25, 0.3) is 0 Å². The van der Waals surface area contributed by atoms with Crippen LogP contribution in [0.1, 0.15) is 38.2 Å². The highest BCUT2D eigenvalue weighted by Gasteiger charge is 2.05. The summed E-state index contributed by atoms with van der Waals surface area (Å²) >= 11 is 0. The van der Waals surface area contributed by atoms with Crippen LogP contribution >= 0.6 is 0 Å². The molecular formula is C12H19N3O. The summed E-state index contributed by atoms with van der Waals surface area (Å²) in [6.07, 6.45) is 7.87. The van der Waals surface area contributed by atoms with E-state index in [1.807, 2.05) is 0 Å². The van der Waals surface area contributed by atoms with Crippen LogP contribution in [0.25, 0.3) is 0 Å². The summed E-state index contributed by atoms with van der Waals surface area (Å²) in [5.41, 5.74) is 6.06. The van der Waals surface area contributed by atoms with Gasteiger partial charge in [0, 0.05) is 6.20 Å². The van der Waals surface area contributed by atoms with Crippen LogP contribution in [0.3, 0.4) is 0 Å². The molecule has 0 aliphatic carbocycles. The summed E-state index contributed by atoms with van der Waals surface area (Å²) in [6, 6.07) is 1.70. The fourth-order valence-corrected chi connectivity index (χ4v) is 1.43. The number of amidine groups is 1. The fourth-order valence-electron chi connectivity index (χ4n) is 1.43. The Balaban J connectivity index is 2.44. The molecule has 0 saturated heterocycles. The van der Waals surface area contributed by atoms with Gasteiger partial charge < -0.3 is 10.5 Å². The number of nitrogens with two attached hydrogens (primary N) is 1. The highest BCUT2D eigenvalue weighted by molar-refractivity contribution is 5.97. The Bertz CT molecular complexity index is 339. The number of ether oxygens (including phenoxy) is 1. The molecule has 0 bridgehead atoms. The highest BCUT2D eigenvalue weighted by Crippen LogP contribution is 2.16. The lowest BCUT2D eigenvalue weighted by Crippen LogP contribution is -2.13. The van der Waals surface area contributed by atoms with Gasteiger partial charge in [-0.1, -0.05) is 26.2 Å². The SMILES string of the molecule is CCCCCCOc1cnccc1C(=N)N. The van der Waals surface area contributed by atoms with E-state index >= 15 is 0 Å². The number of aromatic nitrogens is 1. The summed E-state index contributed by atoms with van der Waals surface area (Å²) in [4.78, 5) is 3.97. The van der Waals surface area contributed by atoms with Crippen molar-refractivity contribution < 1.29 is 4.74 Å². The summed E-state index contributed by atoms with van der Waals surface area (Å²) in [5.74, 6) is 0.623. The van der Waals surface area contributed by atoms with Crippen molar-refractivity contribution in [3.63, 3.8) is 0 Å². The molecule has 4 heteroatoms. The standard InChI is InChI=1S/C12H19N3O/c1-2-3-4-5-8-16-11-9-15-7-6-10(11)12(13)14/h6-7,9H,2-5,8H2,1H3,(H3,13,14). The van der Waals surface area contributed by atoms with Crippen molar-refractivity contribution >= 4 is 5.84 Å². The fraction of sp³-hybridized carbons (Fsp3) is 0.500. The van der Waals surface area contributed by atoms with E-state index in [0.29, 0.717) is 17.9 Å². The number of hydrogen-bond donors (Lipinski definition) is 2. The molecule has 16 heavy (non-hydrogen) atoms. The van der Waals surface area contributed by atoms with Gasteiger partial charge in [0.15, 0.2) is 0 Å². The number of rotatable bonds is 7. The molecule has 0 spiro atoms. The van der Waals surface area contributed by atoms with E-state index in [1.54, 1.807) is 18.5 Å². The molecule has 1 aromatic heterocycles. The molecule has 0 saturated carbocycles. The molecular weight excluding hydrogens is 202 g/mol. The number of nitrogens with zero attached hydrogens (tertiary/aromatic N) is 1. The first-order chi connectivity index (χ1) is 7.75. The van der Waals surface area contributed by atoms with Crippen molar-refractivity contribution in [1.82, 2.24) is 4.98 Å². The number of unbranched alkanes of at least 4 members (excludes halogenated alkanes) is 3. The average Bonchev–Trinajstić information content (AvgIpc) is 2.29. The zero-order chi connectivity index (χ0) is 11.8. The van der Waals surface area contributed by atoms with Gasteiger partial charge in [-0.3, -0.25) is 10.4 Å². The van der Waals surface area contributed by atoms with E-state index in [4.69, 9.17) is 15.9 Å². The third kappa shape index (κ3) is 3.88. The first-order valence-corrected chi connectivity index (χ1v) is 5.67. The Morgan fingerprint density at radius 1 is 1.44 bits per heavy atom. The monoisotopic (exact) mass is 221 g/mol. The van der Waals surface area contributed by atoms with Gasteiger partial charge in [0.2, 0.25) is 0 Å². The summed E-state index contributed by atoms with van der Waals surface area (Å²) in [6.45, 7) is 2.84. The summed E-state index contributed by atoms with van der Waals surface area (Å²) in [5, 5.41) is 7.39. The van der Waals surface area contributed by atoms with E-state index in [9.17, 15) is 0 Å². The van der Waals surface area contributed by atoms with Crippen LogP contribution in [-0.2, 0) is 0 Å². The average molecular weight is 221 g/mol. The minimum atomic E-state index is 0.0194. The maximum Gasteiger partial charge on any atom is 0.148 e. The molecule has 0 unspecified atom stereocenters. The van der Waals surface area contributed by atoms with Crippen molar-refractivity contribution in [2.75, 3.05) is 6.61 Å². The Labute approximate surface area is 96.3 Å². The second-order valence-corrected chi connectivity index (χ2v) is 3.69. The Morgan fingerprint density at radius 2 is 2.25 bits per heavy atom. The number of nitrogens with one attached hydrogen (secondary N) is 1. The molecule has 0 radical (unpaired) electrons. The van der Waals surface area contributed by atoms with Crippen LogP contribution in [0.2, 0.25) is 0 Å². The molecule has 0 amide bonds. The van der Waals surface area contributed by atoms with E-state index in [1.165, 1.54) is 19.3 Å². The van der Waals surface area contributed by atoms with Crippen LogP contribution in [0.15, 0.2) is 18.5 Å². The van der Waals surface area contributed by atoms with Crippen molar-refractivity contribution in [2.45, 2.75) is 32.6 Å². The van der Waals surface area contributed by atoms with Gasteiger partial charge in [0.1, 0.15) is 11.6 Å². The predicted molar refractivity (Wildman–Crippen MR) is 64.9 cm³/mol. The third-order valence-electron chi connectivity index (χ3n) is 2.33. The highest BCUT2D eigenvalue weighted by atomic mass is 16.5. The molecule has 0 fully saturated rings. The van der Waals surface area contributed by atoms with Gasteiger partial charge in [-0.25, -0.2) is 0 Å². The maximum atomic E-state index is 7.39. The molecule has 1 rings (SSSR count). The van der Waals surface area contributed by atoms with Gasteiger partial charge >= 0.3 is 0 Å². The van der Waals surface area contributed by atoms with Crippen molar-refractivity contribution in [3.8, 4) is 5.75 Å². The first kappa shape index (κ1) is 12.5. The zero-order valence-electron chi connectivity index (χ0n) is 9.70. The molecule has 1 heterocycles. The van der Waals surface area contributed by atoms with Crippen molar-refractivity contribution in [1.29, 1.82) is 5.41 Å². The first-order valence-electron chi connectivity index (χ1n) is 5.67. The lowest BCUT2D eigenvalue weighted by atomic mass is 10.2. The predicted octanol–water partition coefficient (Wildman–Crippen LogP) is 2.32. The maximum absolute atomic E-state index is 7.39. The van der Waals surface area contributed by atoms with E-state index in [0.717, 1.165) is 6.42 Å². The van der Waals surface area contributed by atoms with E-state index in [-0.39, 0.29) is 5.84 Å². The molecule has 0 aliphatic heterocycles. The molecule has 0 aliphatic rings. The largest absolute Gasteiger partial charge is 0.491 e. The molecule has 0 aromatic carbocycles. The van der Waals surface area contributed by atoms with Crippen LogP contribution in [0, 0.1) is 5.41 Å². The zero-order valence-corrected chi connectivity index (χ0v) is 9.70. The Morgan fingerprint density at radius 3 is 2.94 bits per heavy atom. The van der Waals surface area contributed by atoms with Crippen LogP contribution in [-0.4, -0.2) is 17.4 Å². The molecule has 1 aromatic rings. The molecule has 88 valence electrons. The Kier molecular flexibility index (Phi) is 5.32. The molecule has 3 N–H and O–H groups in total. The molecule has 0 atom stereocenters. The van der Waals surface area contributed by atoms with Crippen molar-refractivity contribution in [3.05, 3.63) is 24.0 Å². The Hall–Kier alpha value is -1.58. The topological polar surface area (TPSA) is 72.0 Å². The summed E-state index contributed by atoms with van der Waals surface area (Å²) < 4.78 is 5.56. The minimum absolute atomic E-state index is 0.0194. The van der Waals surface area contributed by atoms with E-state index < -0.39 is 0 Å². The normalized spacial score (nSPS) is 10.1. The number of hydrogen-bond acceptors (Lipinski definition) is 3. The van der Waals surface area contributed by atoms with Crippen molar-refractivity contribution in [2.24, 2.45) is 5.73 Å². The van der Waals surface area contributed by atoms with Crippen LogP contribution < -0.4 is 10.5 Å². The molecule has 4 nitrogen and oxygen atoms in total. The third-order valence-corrected chi connectivity index (χ3v) is 2.33. The van der Waals surface area contributed by atoms with Crippen LogP contribution in [0.5, 0.6) is 5.75 Å². The van der Waals surface area contributed by atoms with Gasteiger partial charge in [0.05, 0.1) is 18.4 Å². The lowest BCUT2D eigenvalue weighted by Gasteiger charge is -2.09. The quantitative estimate of drug-likeness (QED) is 0.421. The smallest absolute Gasteiger partial charge is 0.148 e.